The summed E-state index contributed by atoms with van der Waals surface area (Å²) in [6, 6.07) is 5.88. The van der Waals surface area contributed by atoms with E-state index < -0.39 is 22.6 Å². The van der Waals surface area contributed by atoms with Gasteiger partial charge in [0.05, 0.1) is 4.90 Å². The molecule has 6 heteroatoms. The van der Waals surface area contributed by atoms with E-state index in [9.17, 15) is 17.2 Å². The normalized spacial score (nSPS) is 12.6. The highest BCUT2D eigenvalue weighted by molar-refractivity contribution is 7.86. The molecule has 0 bridgehead atoms. The maximum absolute atomic E-state index is 13.5. The molecule has 0 aliphatic rings. The minimum absolute atomic E-state index is 0.104. The molecule has 0 heterocycles. The zero-order valence-corrected chi connectivity index (χ0v) is 12.6. The number of halogens is 2. The van der Waals surface area contributed by atoms with Crippen molar-refractivity contribution >= 4 is 10.1 Å². The van der Waals surface area contributed by atoms with Crippen molar-refractivity contribution < 1.29 is 21.4 Å². The van der Waals surface area contributed by atoms with Crippen LogP contribution in [0, 0.1) is 6.92 Å². The molecular formula is C14H20F2O3S. The summed E-state index contributed by atoms with van der Waals surface area (Å²) in [4.78, 5) is -0.104. The van der Waals surface area contributed by atoms with Crippen LogP contribution in [0.3, 0.4) is 0 Å². The second-order valence-electron chi connectivity index (χ2n) is 4.84. The summed E-state index contributed by atoms with van der Waals surface area (Å²) >= 11 is 0. The summed E-state index contributed by atoms with van der Waals surface area (Å²) in [6.07, 6.45) is 1.53. The molecule has 20 heavy (non-hydrogen) atoms. The van der Waals surface area contributed by atoms with Crippen LogP contribution in [0.15, 0.2) is 29.2 Å². The van der Waals surface area contributed by atoms with Crippen LogP contribution in [-0.2, 0) is 14.3 Å². The smallest absolute Gasteiger partial charge is 0.260 e. The molecule has 1 rings (SSSR count). The highest BCUT2D eigenvalue weighted by atomic mass is 32.2. The Bertz CT molecular complexity index is 510. The third-order valence-electron chi connectivity index (χ3n) is 2.88. The van der Waals surface area contributed by atoms with Gasteiger partial charge in [-0.05, 0) is 25.5 Å². The summed E-state index contributed by atoms with van der Waals surface area (Å²) in [5, 5.41) is 0. The summed E-state index contributed by atoms with van der Waals surface area (Å²) < 4.78 is 54.9. The Labute approximate surface area is 119 Å². The van der Waals surface area contributed by atoms with Crippen molar-refractivity contribution in [2.45, 2.75) is 50.3 Å². The largest absolute Gasteiger partial charge is 0.297 e. The lowest BCUT2D eigenvalue weighted by atomic mass is 10.1. The van der Waals surface area contributed by atoms with Crippen LogP contribution >= 0.6 is 0 Å². The highest BCUT2D eigenvalue weighted by Gasteiger charge is 2.31. The van der Waals surface area contributed by atoms with Crippen molar-refractivity contribution in [2.75, 3.05) is 6.61 Å². The van der Waals surface area contributed by atoms with Crippen molar-refractivity contribution in [3.8, 4) is 0 Å². The molecule has 0 aliphatic carbocycles. The fourth-order valence-electron chi connectivity index (χ4n) is 1.64. The molecule has 114 valence electrons. The van der Waals surface area contributed by atoms with E-state index in [4.69, 9.17) is 0 Å². The van der Waals surface area contributed by atoms with Crippen LogP contribution in [0.4, 0.5) is 8.78 Å². The Morgan fingerprint density at radius 2 is 1.75 bits per heavy atom. The van der Waals surface area contributed by atoms with E-state index in [0.717, 1.165) is 12.0 Å². The van der Waals surface area contributed by atoms with E-state index in [2.05, 4.69) is 4.18 Å². The summed E-state index contributed by atoms with van der Waals surface area (Å²) in [6.45, 7) is 2.61. The van der Waals surface area contributed by atoms with Gasteiger partial charge in [-0.1, -0.05) is 37.5 Å². The molecule has 0 radical (unpaired) electrons. The minimum atomic E-state index is -4.12. The Hall–Kier alpha value is -1.01. The number of alkyl halides is 2. The summed E-state index contributed by atoms with van der Waals surface area (Å²) in [7, 11) is -4.12. The highest BCUT2D eigenvalue weighted by Crippen LogP contribution is 2.24. The predicted octanol–water partition coefficient (Wildman–Crippen LogP) is 3.92. The van der Waals surface area contributed by atoms with Crippen LogP contribution in [0.25, 0.3) is 0 Å². The Kier molecular flexibility index (Phi) is 6.07. The second kappa shape index (κ2) is 7.13. The lowest BCUT2D eigenvalue weighted by Crippen LogP contribution is -2.25. The van der Waals surface area contributed by atoms with Crippen molar-refractivity contribution in [1.29, 1.82) is 0 Å². The van der Waals surface area contributed by atoms with Gasteiger partial charge in [0.2, 0.25) is 0 Å². The lowest BCUT2D eigenvalue weighted by molar-refractivity contribution is -0.0477. The van der Waals surface area contributed by atoms with Crippen LogP contribution in [0.1, 0.15) is 38.2 Å². The van der Waals surface area contributed by atoms with E-state index in [1.807, 2.05) is 6.92 Å². The molecule has 3 nitrogen and oxygen atoms in total. The number of rotatable bonds is 8. The molecule has 0 unspecified atom stereocenters. The molecule has 0 saturated carbocycles. The first-order valence-corrected chi connectivity index (χ1v) is 8.01. The lowest BCUT2D eigenvalue weighted by Gasteiger charge is -2.16. The quantitative estimate of drug-likeness (QED) is 0.540. The van der Waals surface area contributed by atoms with Gasteiger partial charge in [-0.15, -0.1) is 0 Å². The fraction of sp³-hybridized carbons (Fsp3) is 0.571. The molecule has 0 saturated heterocycles. The number of aryl methyl sites for hydroxylation is 1. The second-order valence-corrected chi connectivity index (χ2v) is 6.46. The van der Waals surface area contributed by atoms with E-state index in [1.54, 1.807) is 19.1 Å². The molecule has 0 amide bonds. The average Bonchev–Trinajstić information content (AvgIpc) is 2.37. The van der Waals surface area contributed by atoms with E-state index >= 15 is 0 Å². The summed E-state index contributed by atoms with van der Waals surface area (Å²) in [5.41, 5.74) is 0.883. The topological polar surface area (TPSA) is 43.4 Å². The number of unbranched alkanes of at least 4 members (excludes halogenated alkanes) is 2. The maximum atomic E-state index is 13.5. The zero-order chi connectivity index (χ0) is 15.2. The number of benzene rings is 1. The fourth-order valence-corrected chi connectivity index (χ4v) is 2.58. The van der Waals surface area contributed by atoms with Gasteiger partial charge < -0.3 is 0 Å². The van der Waals surface area contributed by atoms with Gasteiger partial charge in [0.25, 0.3) is 16.0 Å². The SMILES string of the molecule is CCCCCC(F)(F)COS(=O)(=O)c1ccc(C)cc1. The van der Waals surface area contributed by atoms with Gasteiger partial charge in [-0.25, -0.2) is 8.78 Å². The monoisotopic (exact) mass is 306 g/mol. The van der Waals surface area contributed by atoms with Crippen molar-refractivity contribution in [3.63, 3.8) is 0 Å². The van der Waals surface area contributed by atoms with E-state index in [0.29, 0.717) is 12.8 Å². The van der Waals surface area contributed by atoms with Gasteiger partial charge >= 0.3 is 0 Å². The van der Waals surface area contributed by atoms with Crippen LogP contribution < -0.4 is 0 Å². The molecule has 0 fully saturated rings. The molecule has 0 atom stereocenters. The first-order chi connectivity index (χ1) is 9.27. The van der Waals surface area contributed by atoms with Gasteiger partial charge in [-0.2, -0.15) is 8.42 Å². The minimum Gasteiger partial charge on any atom is -0.260 e. The predicted molar refractivity (Wildman–Crippen MR) is 73.4 cm³/mol. The third-order valence-corrected chi connectivity index (χ3v) is 4.16. The first-order valence-electron chi connectivity index (χ1n) is 6.61. The van der Waals surface area contributed by atoms with Crippen LogP contribution in [0.5, 0.6) is 0 Å². The van der Waals surface area contributed by atoms with Crippen LogP contribution in [0.2, 0.25) is 0 Å². The standard InChI is InChI=1S/C14H20F2O3S/c1-3-4-5-10-14(15,16)11-19-20(17,18)13-8-6-12(2)7-9-13/h6-9H,3-5,10-11H2,1-2H3. The van der Waals surface area contributed by atoms with Gasteiger partial charge in [-0.3, -0.25) is 4.18 Å². The number of hydrogen-bond acceptors (Lipinski definition) is 3. The Balaban J connectivity index is 2.61. The van der Waals surface area contributed by atoms with Crippen molar-refractivity contribution in [1.82, 2.24) is 0 Å². The van der Waals surface area contributed by atoms with Gasteiger partial charge in [0, 0.05) is 6.42 Å². The zero-order valence-electron chi connectivity index (χ0n) is 11.7. The van der Waals surface area contributed by atoms with Crippen molar-refractivity contribution in [3.05, 3.63) is 29.8 Å². The number of hydrogen-bond donors (Lipinski definition) is 0. The third kappa shape index (κ3) is 5.54. The van der Waals surface area contributed by atoms with Crippen molar-refractivity contribution in [2.24, 2.45) is 0 Å². The Morgan fingerprint density at radius 3 is 2.30 bits per heavy atom. The molecule has 0 spiro atoms. The van der Waals surface area contributed by atoms with Gasteiger partial charge in [0.1, 0.15) is 6.61 Å². The Morgan fingerprint density at radius 1 is 1.15 bits per heavy atom. The first kappa shape index (κ1) is 17.0. The van der Waals surface area contributed by atoms with E-state index in [-0.39, 0.29) is 11.3 Å². The molecular weight excluding hydrogens is 286 g/mol. The van der Waals surface area contributed by atoms with Gasteiger partial charge in [0.15, 0.2) is 0 Å². The molecule has 1 aromatic rings. The average molecular weight is 306 g/mol. The molecule has 0 N–H and O–H groups in total. The molecule has 1 aromatic carbocycles. The van der Waals surface area contributed by atoms with E-state index in [1.165, 1.54) is 12.1 Å². The molecule has 0 aromatic heterocycles. The maximum Gasteiger partial charge on any atom is 0.297 e. The molecule has 0 aliphatic heterocycles. The summed E-state index contributed by atoms with van der Waals surface area (Å²) in [5.74, 6) is -3.12. The van der Waals surface area contributed by atoms with Crippen LogP contribution in [-0.4, -0.2) is 20.9 Å².